The average Bonchev–Trinajstić information content (AvgIpc) is 3.16. The molecule has 23 heavy (non-hydrogen) atoms. The van der Waals surface area contributed by atoms with Gasteiger partial charge >= 0.3 is 0 Å². The molecule has 2 aromatic heterocycles. The van der Waals surface area contributed by atoms with E-state index in [9.17, 15) is 5.11 Å². The van der Waals surface area contributed by atoms with Gasteiger partial charge in [0, 0.05) is 0 Å². The number of hydrogen-bond acceptors (Lipinski definition) is 3. The molecule has 0 unspecified atom stereocenters. The first-order valence-corrected chi connectivity index (χ1v) is 7.65. The van der Waals surface area contributed by atoms with Crippen LogP contribution in [0.1, 0.15) is 11.3 Å². The zero-order valence-electron chi connectivity index (χ0n) is 12.3. The largest absolute Gasteiger partial charge is 0.493 e. The number of para-hydroxylation sites is 2. The van der Waals surface area contributed by atoms with Crippen LogP contribution in [0.15, 0.2) is 48.5 Å². The van der Waals surface area contributed by atoms with Crippen molar-refractivity contribution in [2.75, 3.05) is 0 Å². The third kappa shape index (κ3) is 1.73. The number of aromatic hydroxyl groups is 1. The van der Waals surface area contributed by atoms with E-state index in [-0.39, 0.29) is 5.88 Å². The van der Waals surface area contributed by atoms with E-state index < -0.39 is 0 Å². The summed E-state index contributed by atoms with van der Waals surface area (Å²) < 4.78 is 1.51. The van der Waals surface area contributed by atoms with Gasteiger partial charge in [0.2, 0.25) is 11.8 Å². The molecule has 0 saturated carbocycles. The van der Waals surface area contributed by atoms with Crippen LogP contribution in [0.5, 0.6) is 5.88 Å². The van der Waals surface area contributed by atoms with Gasteiger partial charge in [-0.05, 0) is 36.1 Å². The molecular weight excluding hydrogens is 288 g/mol. The van der Waals surface area contributed by atoms with E-state index in [1.807, 2.05) is 42.5 Å². The lowest BCUT2D eigenvalue weighted by Crippen LogP contribution is -2.03. The zero-order valence-corrected chi connectivity index (χ0v) is 12.3. The van der Waals surface area contributed by atoms with Crippen molar-refractivity contribution in [3.05, 3.63) is 59.8 Å². The van der Waals surface area contributed by atoms with Crippen LogP contribution in [0.25, 0.3) is 28.1 Å². The van der Waals surface area contributed by atoms with Crippen LogP contribution in [0, 0.1) is 0 Å². The molecule has 5 nitrogen and oxygen atoms in total. The molecule has 112 valence electrons. The SMILES string of the molecule is Oc1c2c(nn1-c1nc3ccccc3[nH]1)CCc1ccccc1-2. The molecule has 2 heterocycles. The normalized spacial score (nSPS) is 13.0. The molecule has 0 fully saturated rings. The highest BCUT2D eigenvalue weighted by Crippen LogP contribution is 2.40. The summed E-state index contributed by atoms with van der Waals surface area (Å²) in [5.41, 5.74) is 5.84. The Balaban J connectivity index is 1.74. The fourth-order valence-corrected chi connectivity index (χ4v) is 3.33. The molecule has 2 aromatic carbocycles. The number of benzene rings is 2. The maximum absolute atomic E-state index is 10.7. The van der Waals surface area contributed by atoms with Gasteiger partial charge in [0.05, 0.1) is 22.3 Å². The molecule has 0 saturated heterocycles. The second kappa shape index (κ2) is 4.46. The van der Waals surface area contributed by atoms with Crippen molar-refractivity contribution in [2.24, 2.45) is 0 Å². The van der Waals surface area contributed by atoms with E-state index in [2.05, 4.69) is 21.1 Å². The lowest BCUT2D eigenvalue weighted by Gasteiger charge is -2.14. The summed E-state index contributed by atoms with van der Waals surface area (Å²) in [6.45, 7) is 0. The molecule has 0 bridgehead atoms. The van der Waals surface area contributed by atoms with Crippen molar-refractivity contribution in [2.45, 2.75) is 12.8 Å². The number of nitrogens with one attached hydrogen (secondary N) is 1. The number of aryl methyl sites for hydroxylation is 2. The Bertz CT molecular complexity index is 1010. The maximum atomic E-state index is 10.7. The number of fused-ring (bicyclic) bond motifs is 4. The molecule has 0 amide bonds. The Morgan fingerprint density at radius 2 is 1.83 bits per heavy atom. The van der Waals surface area contributed by atoms with E-state index >= 15 is 0 Å². The van der Waals surface area contributed by atoms with Gasteiger partial charge in [-0.2, -0.15) is 9.78 Å². The molecule has 0 radical (unpaired) electrons. The fourth-order valence-electron chi connectivity index (χ4n) is 3.33. The summed E-state index contributed by atoms with van der Waals surface area (Å²) in [5.74, 6) is 0.682. The van der Waals surface area contributed by atoms with Crippen LogP contribution in [-0.4, -0.2) is 24.9 Å². The van der Waals surface area contributed by atoms with Crippen molar-refractivity contribution < 1.29 is 5.11 Å². The van der Waals surface area contributed by atoms with Crippen LogP contribution < -0.4 is 0 Å². The lowest BCUT2D eigenvalue weighted by atomic mass is 9.90. The van der Waals surface area contributed by atoms with Crippen molar-refractivity contribution in [3.63, 3.8) is 0 Å². The Hall–Kier alpha value is -3.08. The summed E-state index contributed by atoms with van der Waals surface area (Å²) >= 11 is 0. The van der Waals surface area contributed by atoms with Gasteiger partial charge in [-0.15, -0.1) is 0 Å². The quantitative estimate of drug-likeness (QED) is 0.567. The van der Waals surface area contributed by atoms with Crippen molar-refractivity contribution in [1.29, 1.82) is 0 Å². The highest BCUT2D eigenvalue weighted by atomic mass is 16.3. The van der Waals surface area contributed by atoms with Gasteiger partial charge in [0.15, 0.2) is 0 Å². The van der Waals surface area contributed by atoms with Gasteiger partial charge in [-0.1, -0.05) is 36.4 Å². The number of aromatic nitrogens is 4. The van der Waals surface area contributed by atoms with Crippen molar-refractivity contribution in [3.8, 4) is 23.0 Å². The fraction of sp³-hybridized carbons (Fsp3) is 0.111. The first kappa shape index (κ1) is 12.5. The van der Waals surface area contributed by atoms with Crippen LogP contribution in [0.2, 0.25) is 0 Å². The number of H-pyrrole nitrogens is 1. The molecule has 5 heteroatoms. The minimum atomic E-state index is 0.145. The highest BCUT2D eigenvalue weighted by Gasteiger charge is 2.26. The Morgan fingerprint density at radius 1 is 1.00 bits per heavy atom. The molecule has 1 aliphatic rings. The summed E-state index contributed by atoms with van der Waals surface area (Å²) in [5, 5.41) is 15.3. The third-order valence-electron chi connectivity index (χ3n) is 4.43. The van der Waals surface area contributed by atoms with E-state index in [1.54, 1.807) is 0 Å². The Morgan fingerprint density at radius 3 is 2.74 bits per heavy atom. The third-order valence-corrected chi connectivity index (χ3v) is 4.43. The molecule has 1 aliphatic carbocycles. The number of nitrogens with zero attached hydrogens (tertiary/aromatic N) is 3. The number of aromatic amines is 1. The standard InChI is InChI=1S/C18H14N4O/c23-17-16-12-6-2-1-5-11(12)9-10-15(16)21-22(17)18-19-13-7-3-4-8-14(13)20-18/h1-8,23H,9-10H2,(H,19,20). The second-order valence-electron chi connectivity index (χ2n) is 5.79. The number of hydrogen-bond donors (Lipinski definition) is 2. The maximum Gasteiger partial charge on any atom is 0.232 e. The average molecular weight is 302 g/mol. The highest BCUT2D eigenvalue weighted by molar-refractivity contribution is 5.78. The van der Waals surface area contributed by atoms with Crippen LogP contribution in [0.3, 0.4) is 0 Å². The molecule has 0 atom stereocenters. The second-order valence-corrected chi connectivity index (χ2v) is 5.79. The lowest BCUT2D eigenvalue weighted by molar-refractivity contribution is 0.432. The molecule has 4 aromatic rings. The predicted octanol–water partition coefficient (Wildman–Crippen LogP) is 3.22. The minimum Gasteiger partial charge on any atom is -0.493 e. The summed E-state index contributed by atoms with van der Waals surface area (Å²) in [4.78, 5) is 7.74. The smallest absolute Gasteiger partial charge is 0.232 e. The van der Waals surface area contributed by atoms with E-state index in [0.717, 1.165) is 40.7 Å². The predicted molar refractivity (Wildman–Crippen MR) is 87.7 cm³/mol. The number of imidazole rings is 1. The van der Waals surface area contributed by atoms with E-state index in [4.69, 9.17) is 0 Å². The number of rotatable bonds is 1. The van der Waals surface area contributed by atoms with E-state index in [1.165, 1.54) is 10.2 Å². The molecule has 2 N–H and O–H groups in total. The summed E-state index contributed by atoms with van der Waals surface area (Å²) in [6, 6.07) is 16.0. The van der Waals surface area contributed by atoms with Crippen LogP contribution in [0.4, 0.5) is 0 Å². The molecular formula is C18H14N4O. The van der Waals surface area contributed by atoms with Gasteiger partial charge < -0.3 is 10.1 Å². The topological polar surface area (TPSA) is 66.7 Å². The molecule has 5 rings (SSSR count). The van der Waals surface area contributed by atoms with Gasteiger partial charge in [-0.3, -0.25) is 0 Å². The van der Waals surface area contributed by atoms with E-state index in [0.29, 0.717) is 5.95 Å². The summed E-state index contributed by atoms with van der Waals surface area (Å²) in [6.07, 6.45) is 1.77. The Kier molecular flexibility index (Phi) is 2.42. The monoisotopic (exact) mass is 302 g/mol. The Labute approximate surface area is 132 Å². The summed E-state index contributed by atoms with van der Waals surface area (Å²) in [7, 11) is 0. The van der Waals surface area contributed by atoms with Crippen LogP contribution in [-0.2, 0) is 12.8 Å². The molecule has 0 spiro atoms. The van der Waals surface area contributed by atoms with Gasteiger partial charge in [0.1, 0.15) is 0 Å². The van der Waals surface area contributed by atoms with Gasteiger partial charge in [-0.25, -0.2) is 4.98 Å². The van der Waals surface area contributed by atoms with Crippen molar-refractivity contribution in [1.82, 2.24) is 19.7 Å². The van der Waals surface area contributed by atoms with Crippen molar-refractivity contribution >= 4 is 11.0 Å². The first-order chi connectivity index (χ1) is 11.3. The first-order valence-electron chi connectivity index (χ1n) is 7.65. The van der Waals surface area contributed by atoms with Crippen LogP contribution >= 0.6 is 0 Å². The molecule has 0 aliphatic heterocycles. The minimum absolute atomic E-state index is 0.145. The van der Waals surface area contributed by atoms with Gasteiger partial charge in [0.25, 0.3) is 0 Å². The zero-order chi connectivity index (χ0) is 15.4.